The van der Waals surface area contributed by atoms with Gasteiger partial charge >= 0.3 is 0 Å². The Balaban J connectivity index is 4.15. The van der Waals surface area contributed by atoms with Crippen molar-refractivity contribution < 1.29 is 4.79 Å². The zero-order valence-corrected chi connectivity index (χ0v) is 8.06. The van der Waals surface area contributed by atoms with Crippen LogP contribution in [0.2, 0.25) is 0 Å². The number of likely N-dealkylation sites (N-methyl/N-ethyl adjacent to an activating group) is 1. The molecule has 68 valence electrons. The molecule has 0 saturated carbocycles. The Morgan fingerprint density at radius 3 is 2.42 bits per heavy atom. The van der Waals surface area contributed by atoms with Gasteiger partial charge in [0.05, 0.1) is 11.6 Å². The maximum absolute atomic E-state index is 11.4. The number of hydrogen-bond acceptors (Lipinski definition) is 2. The SMILES string of the molecule is C#CC(C)NC(=O)C(C)(C)NC. The summed E-state index contributed by atoms with van der Waals surface area (Å²) in [5, 5.41) is 5.57. The van der Waals surface area contributed by atoms with Gasteiger partial charge in [-0.1, -0.05) is 5.92 Å². The fraction of sp³-hybridized carbons (Fsp3) is 0.667. The van der Waals surface area contributed by atoms with Crippen molar-refractivity contribution in [1.82, 2.24) is 10.6 Å². The van der Waals surface area contributed by atoms with E-state index in [9.17, 15) is 4.79 Å². The minimum Gasteiger partial charge on any atom is -0.341 e. The summed E-state index contributed by atoms with van der Waals surface area (Å²) < 4.78 is 0. The van der Waals surface area contributed by atoms with E-state index in [0.717, 1.165) is 0 Å². The van der Waals surface area contributed by atoms with Gasteiger partial charge in [0.2, 0.25) is 5.91 Å². The third-order valence-corrected chi connectivity index (χ3v) is 1.79. The predicted molar refractivity (Wildman–Crippen MR) is 49.6 cm³/mol. The van der Waals surface area contributed by atoms with Gasteiger partial charge in [0, 0.05) is 0 Å². The number of carbonyl (C=O) groups is 1. The van der Waals surface area contributed by atoms with E-state index in [4.69, 9.17) is 6.42 Å². The van der Waals surface area contributed by atoms with Crippen molar-refractivity contribution >= 4 is 5.91 Å². The largest absolute Gasteiger partial charge is 0.341 e. The molecule has 0 aromatic carbocycles. The third-order valence-electron chi connectivity index (χ3n) is 1.79. The lowest BCUT2D eigenvalue weighted by Crippen LogP contribution is -2.52. The molecule has 1 atom stereocenters. The van der Waals surface area contributed by atoms with Gasteiger partial charge < -0.3 is 10.6 Å². The normalized spacial score (nSPS) is 13.2. The maximum atomic E-state index is 11.4. The molecule has 1 amide bonds. The third kappa shape index (κ3) is 2.93. The predicted octanol–water partition coefficient (Wildman–Crippen LogP) is 0.122. The molecule has 0 radical (unpaired) electrons. The Bertz CT molecular complexity index is 203. The molecule has 0 aliphatic rings. The first-order valence-corrected chi connectivity index (χ1v) is 3.90. The Labute approximate surface area is 73.9 Å². The first kappa shape index (κ1) is 11.0. The second-order valence-electron chi connectivity index (χ2n) is 3.24. The fourth-order valence-corrected chi connectivity index (χ4v) is 0.532. The lowest BCUT2D eigenvalue weighted by molar-refractivity contribution is -0.126. The number of hydrogen-bond donors (Lipinski definition) is 2. The fourth-order valence-electron chi connectivity index (χ4n) is 0.532. The minimum atomic E-state index is -0.564. The van der Waals surface area contributed by atoms with Crippen LogP contribution in [-0.4, -0.2) is 24.5 Å². The molecule has 0 aromatic rings. The van der Waals surface area contributed by atoms with E-state index in [1.54, 1.807) is 27.8 Å². The quantitative estimate of drug-likeness (QED) is 0.588. The Hall–Kier alpha value is -1.01. The van der Waals surface area contributed by atoms with Gasteiger partial charge in [-0.25, -0.2) is 0 Å². The molecule has 0 fully saturated rings. The van der Waals surface area contributed by atoms with Crippen molar-refractivity contribution in [3.05, 3.63) is 0 Å². The van der Waals surface area contributed by atoms with Crippen LogP contribution >= 0.6 is 0 Å². The molecule has 0 saturated heterocycles. The topological polar surface area (TPSA) is 41.1 Å². The van der Waals surface area contributed by atoms with Crippen molar-refractivity contribution in [2.75, 3.05) is 7.05 Å². The van der Waals surface area contributed by atoms with Gasteiger partial charge in [-0.2, -0.15) is 0 Å². The van der Waals surface area contributed by atoms with Crippen LogP contribution in [0.3, 0.4) is 0 Å². The van der Waals surface area contributed by atoms with Crippen LogP contribution in [-0.2, 0) is 4.79 Å². The molecular weight excluding hydrogens is 152 g/mol. The van der Waals surface area contributed by atoms with Gasteiger partial charge in [0.25, 0.3) is 0 Å². The van der Waals surface area contributed by atoms with Crippen LogP contribution < -0.4 is 10.6 Å². The summed E-state index contributed by atoms with van der Waals surface area (Å²) in [7, 11) is 1.74. The standard InChI is InChI=1S/C9H16N2O/c1-6-7(2)11-8(12)9(3,4)10-5/h1,7,10H,2-5H3,(H,11,12). The molecule has 2 N–H and O–H groups in total. The zero-order valence-electron chi connectivity index (χ0n) is 8.06. The number of rotatable bonds is 3. The lowest BCUT2D eigenvalue weighted by Gasteiger charge is -2.23. The van der Waals surface area contributed by atoms with Crippen molar-refractivity contribution in [1.29, 1.82) is 0 Å². The van der Waals surface area contributed by atoms with Crippen molar-refractivity contribution in [3.63, 3.8) is 0 Å². The van der Waals surface area contributed by atoms with Gasteiger partial charge in [0.15, 0.2) is 0 Å². The van der Waals surface area contributed by atoms with Gasteiger partial charge in [-0.3, -0.25) is 4.79 Å². The summed E-state index contributed by atoms with van der Waals surface area (Å²) in [4.78, 5) is 11.4. The molecule has 0 aliphatic heterocycles. The lowest BCUT2D eigenvalue weighted by atomic mass is 10.0. The van der Waals surface area contributed by atoms with Crippen molar-refractivity contribution in [3.8, 4) is 12.3 Å². The highest BCUT2D eigenvalue weighted by Crippen LogP contribution is 2.00. The van der Waals surface area contributed by atoms with Gasteiger partial charge in [0.1, 0.15) is 0 Å². The summed E-state index contributed by atoms with van der Waals surface area (Å²) in [5.74, 6) is 2.34. The van der Waals surface area contributed by atoms with Crippen LogP contribution in [0.5, 0.6) is 0 Å². The Morgan fingerprint density at radius 2 is 2.08 bits per heavy atom. The summed E-state index contributed by atoms with van der Waals surface area (Å²) >= 11 is 0. The molecule has 0 bridgehead atoms. The Morgan fingerprint density at radius 1 is 1.58 bits per heavy atom. The van der Waals surface area contributed by atoms with Crippen LogP contribution in [0.15, 0.2) is 0 Å². The summed E-state index contributed by atoms with van der Waals surface area (Å²) in [6.45, 7) is 5.36. The molecule has 0 aliphatic carbocycles. The van der Waals surface area contributed by atoms with Crippen LogP contribution in [0.25, 0.3) is 0 Å². The second-order valence-corrected chi connectivity index (χ2v) is 3.24. The van der Waals surface area contributed by atoms with Crippen LogP contribution in [0, 0.1) is 12.3 Å². The van der Waals surface area contributed by atoms with Gasteiger partial charge in [-0.05, 0) is 27.8 Å². The Kier molecular flexibility index (Phi) is 3.78. The highest BCUT2D eigenvalue weighted by Gasteiger charge is 2.25. The molecule has 0 spiro atoms. The first-order valence-electron chi connectivity index (χ1n) is 3.90. The van der Waals surface area contributed by atoms with Crippen molar-refractivity contribution in [2.45, 2.75) is 32.4 Å². The van der Waals surface area contributed by atoms with E-state index in [0.29, 0.717) is 0 Å². The summed E-state index contributed by atoms with van der Waals surface area (Å²) in [5.41, 5.74) is -0.564. The zero-order chi connectivity index (χ0) is 9.78. The summed E-state index contributed by atoms with van der Waals surface area (Å²) in [6, 6.07) is -0.217. The van der Waals surface area contributed by atoms with E-state index in [-0.39, 0.29) is 11.9 Å². The average molecular weight is 168 g/mol. The first-order chi connectivity index (χ1) is 5.44. The highest BCUT2D eigenvalue weighted by atomic mass is 16.2. The molecule has 1 unspecified atom stereocenters. The number of amides is 1. The van der Waals surface area contributed by atoms with Gasteiger partial charge in [-0.15, -0.1) is 6.42 Å². The van der Waals surface area contributed by atoms with Crippen LogP contribution in [0.1, 0.15) is 20.8 Å². The van der Waals surface area contributed by atoms with E-state index >= 15 is 0 Å². The minimum absolute atomic E-state index is 0.0875. The number of terminal acetylenes is 1. The van der Waals surface area contributed by atoms with E-state index in [1.807, 2.05) is 0 Å². The summed E-state index contributed by atoms with van der Waals surface area (Å²) in [6.07, 6.45) is 5.12. The molecule has 3 nitrogen and oxygen atoms in total. The van der Waals surface area contributed by atoms with Crippen LogP contribution in [0.4, 0.5) is 0 Å². The van der Waals surface area contributed by atoms with E-state index in [2.05, 4.69) is 16.6 Å². The number of carbonyl (C=O) groups excluding carboxylic acids is 1. The van der Waals surface area contributed by atoms with Crippen molar-refractivity contribution in [2.24, 2.45) is 0 Å². The van der Waals surface area contributed by atoms with E-state index in [1.165, 1.54) is 0 Å². The molecular formula is C9H16N2O. The average Bonchev–Trinajstić information content (AvgIpc) is 2.04. The smallest absolute Gasteiger partial charge is 0.240 e. The molecule has 0 rings (SSSR count). The molecule has 0 aromatic heterocycles. The number of nitrogens with one attached hydrogen (secondary N) is 2. The molecule has 12 heavy (non-hydrogen) atoms. The highest BCUT2D eigenvalue weighted by molar-refractivity contribution is 5.85. The second kappa shape index (κ2) is 4.13. The molecule has 3 heteroatoms. The maximum Gasteiger partial charge on any atom is 0.240 e. The van der Waals surface area contributed by atoms with E-state index < -0.39 is 5.54 Å². The molecule has 0 heterocycles. The monoisotopic (exact) mass is 168 g/mol.